The number of hydrogen-bond acceptors (Lipinski definition) is 6. The van der Waals surface area contributed by atoms with E-state index >= 15 is 0 Å². The summed E-state index contributed by atoms with van der Waals surface area (Å²) in [5.74, 6) is -1.51. The van der Waals surface area contributed by atoms with Crippen LogP contribution < -0.4 is 11.1 Å². The van der Waals surface area contributed by atoms with Crippen molar-refractivity contribution in [1.82, 2.24) is 15.1 Å². The fraction of sp³-hybridized carbons (Fsp3) is 0.842. The molecule has 2 unspecified atom stereocenters. The second-order valence-electron chi connectivity index (χ2n) is 8.30. The molecule has 9 nitrogen and oxygen atoms in total. The third-order valence-electron chi connectivity index (χ3n) is 6.17. The molecule has 1 aliphatic carbocycles. The standard InChI is InChI=1S/C19H35BN4O5/c1-3-14(18(26)24-11-7-10-15(24)20(28)29)22-16(25)12-23(2)19(27)17(21)13-8-5-4-6-9-13/h13-15,17,28-29H,3-12,21H2,1-2H3,(H,22,25)/t14?,15-,17?/m0/s1. The van der Waals surface area contributed by atoms with Crippen LogP contribution in [0.2, 0.25) is 0 Å². The molecule has 3 amide bonds. The van der Waals surface area contributed by atoms with Crippen LogP contribution in [0.25, 0.3) is 0 Å². The van der Waals surface area contributed by atoms with Gasteiger partial charge >= 0.3 is 7.12 Å². The van der Waals surface area contributed by atoms with Crippen LogP contribution in [-0.2, 0) is 14.4 Å². The van der Waals surface area contributed by atoms with E-state index in [2.05, 4.69) is 5.32 Å². The summed E-state index contributed by atoms with van der Waals surface area (Å²) in [5.41, 5.74) is 6.14. The van der Waals surface area contributed by atoms with Crippen LogP contribution in [0, 0.1) is 5.92 Å². The van der Waals surface area contributed by atoms with E-state index in [0.29, 0.717) is 25.8 Å². The molecule has 2 fully saturated rings. The summed E-state index contributed by atoms with van der Waals surface area (Å²) in [5, 5.41) is 21.6. The zero-order valence-electron chi connectivity index (χ0n) is 17.5. The average Bonchev–Trinajstić information content (AvgIpc) is 3.21. The van der Waals surface area contributed by atoms with Gasteiger partial charge in [0, 0.05) is 13.6 Å². The van der Waals surface area contributed by atoms with Crippen molar-refractivity contribution in [2.45, 2.75) is 76.3 Å². The molecule has 1 saturated heterocycles. The molecule has 0 bridgehead atoms. The minimum atomic E-state index is -1.60. The number of hydrogen-bond donors (Lipinski definition) is 4. The minimum absolute atomic E-state index is 0.156. The molecule has 2 rings (SSSR count). The Kier molecular flexibility index (Phi) is 8.91. The number of nitrogens with two attached hydrogens (primary N) is 1. The molecule has 0 radical (unpaired) electrons. The average molecular weight is 410 g/mol. The van der Waals surface area contributed by atoms with E-state index in [1.54, 1.807) is 14.0 Å². The number of rotatable bonds is 8. The van der Waals surface area contributed by atoms with Crippen LogP contribution >= 0.6 is 0 Å². The Bertz CT molecular complexity index is 585. The Morgan fingerprint density at radius 3 is 2.41 bits per heavy atom. The summed E-state index contributed by atoms with van der Waals surface area (Å²) >= 11 is 0. The number of nitrogens with one attached hydrogen (secondary N) is 1. The number of carbonyl (C=O) groups excluding carboxylic acids is 3. The molecule has 1 heterocycles. The summed E-state index contributed by atoms with van der Waals surface area (Å²) in [6, 6.07) is -1.37. The minimum Gasteiger partial charge on any atom is -0.426 e. The van der Waals surface area contributed by atoms with Gasteiger partial charge in [-0.15, -0.1) is 0 Å². The van der Waals surface area contributed by atoms with Gasteiger partial charge in [0.25, 0.3) is 0 Å². The zero-order valence-corrected chi connectivity index (χ0v) is 17.5. The highest BCUT2D eigenvalue weighted by atomic mass is 16.4. The molecule has 0 spiro atoms. The van der Waals surface area contributed by atoms with Crippen molar-refractivity contribution in [3.63, 3.8) is 0 Å². The zero-order chi connectivity index (χ0) is 21.6. The third-order valence-corrected chi connectivity index (χ3v) is 6.17. The first-order chi connectivity index (χ1) is 13.8. The van der Waals surface area contributed by atoms with Gasteiger partial charge in [-0.3, -0.25) is 14.4 Å². The van der Waals surface area contributed by atoms with E-state index < -0.39 is 31.1 Å². The van der Waals surface area contributed by atoms with Gasteiger partial charge in [0.05, 0.1) is 18.5 Å². The quantitative estimate of drug-likeness (QED) is 0.389. The lowest BCUT2D eigenvalue weighted by atomic mass is 9.77. The van der Waals surface area contributed by atoms with Crippen molar-refractivity contribution in [3.8, 4) is 0 Å². The van der Waals surface area contributed by atoms with Gasteiger partial charge in [0.2, 0.25) is 17.7 Å². The Hall–Kier alpha value is -1.65. The van der Waals surface area contributed by atoms with Gasteiger partial charge < -0.3 is 30.9 Å². The van der Waals surface area contributed by atoms with Crippen LogP contribution in [0.3, 0.4) is 0 Å². The van der Waals surface area contributed by atoms with Crippen molar-refractivity contribution in [1.29, 1.82) is 0 Å². The first kappa shape index (κ1) is 23.6. The molecule has 1 saturated carbocycles. The van der Waals surface area contributed by atoms with Crippen LogP contribution in [0.4, 0.5) is 0 Å². The van der Waals surface area contributed by atoms with Crippen LogP contribution in [0.15, 0.2) is 0 Å². The van der Waals surface area contributed by atoms with Gasteiger partial charge in [0.15, 0.2) is 0 Å². The number of carbonyl (C=O) groups is 3. The first-order valence-corrected chi connectivity index (χ1v) is 10.7. The van der Waals surface area contributed by atoms with Gasteiger partial charge in [-0.25, -0.2) is 0 Å². The molecule has 0 aromatic rings. The van der Waals surface area contributed by atoms with E-state index in [4.69, 9.17) is 5.73 Å². The molecule has 1 aliphatic heterocycles. The molecule has 5 N–H and O–H groups in total. The maximum absolute atomic E-state index is 12.7. The summed E-state index contributed by atoms with van der Waals surface area (Å²) in [6.07, 6.45) is 6.78. The van der Waals surface area contributed by atoms with E-state index in [-0.39, 0.29) is 24.3 Å². The highest BCUT2D eigenvalue weighted by molar-refractivity contribution is 6.43. The van der Waals surface area contributed by atoms with Crippen molar-refractivity contribution in [3.05, 3.63) is 0 Å². The Labute approximate surface area is 173 Å². The third kappa shape index (κ3) is 6.17. The van der Waals surface area contributed by atoms with Gasteiger partial charge in [0.1, 0.15) is 6.04 Å². The second-order valence-corrected chi connectivity index (χ2v) is 8.30. The van der Waals surface area contributed by atoms with Gasteiger partial charge in [-0.05, 0) is 38.0 Å². The molecule has 2 aliphatic rings. The van der Waals surface area contributed by atoms with Crippen molar-refractivity contribution >= 4 is 24.8 Å². The summed E-state index contributed by atoms with van der Waals surface area (Å²) < 4.78 is 0. The van der Waals surface area contributed by atoms with E-state index in [1.165, 1.54) is 16.2 Å². The van der Waals surface area contributed by atoms with E-state index in [9.17, 15) is 24.4 Å². The van der Waals surface area contributed by atoms with Crippen molar-refractivity contribution in [2.75, 3.05) is 20.1 Å². The summed E-state index contributed by atoms with van der Waals surface area (Å²) in [7, 11) is -0.0499. The number of nitrogens with zero attached hydrogens (tertiary/aromatic N) is 2. The molecule has 164 valence electrons. The highest BCUT2D eigenvalue weighted by Gasteiger charge is 2.39. The molecule has 29 heavy (non-hydrogen) atoms. The first-order valence-electron chi connectivity index (χ1n) is 10.7. The molecule has 0 aromatic heterocycles. The fourth-order valence-electron chi connectivity index (χ4n) is 4.40. The summed E-state index contributed by atoms with van der Waals surface area (Å²) in [4.78, 5) is 40.5. The lowest BCUT2D eigenvalue weighted by Crippen LogP contribution is -2.55. The predicted molar refractivity (Wildman–Crippen MR) is 109 cm³/mol. The Morgan fingerprint density at radius 1 is 1.17 bits per heavy atom. The Balaban J connectivity index is 1.88. The molecule has 0 aromatic carbocycles. The lowest BCUT2D eigenvalue weighted by molar-refractivity contribution is -0.139. The maximum atomic E-state index is 12.7. The number of amides is 3. The number of likely N-dealkylation sites (N-methyl/N-ethyl adjacent to an activating group) is 1. The fourth-order valence-corrected chi connectivity index (χ4v) is 4.40. The topological polar surface area (TPSA) is 136 Å². The normalized spacial score (nSPS) is 22.1. The van der Waals surface area contributed by atoms with Crippen LogP contribution in [0.5, 0.6) is 0 Å². The summed E-state index contributed by atoms with van der Waals surface area (Å²) in [6.45, 7) is 2.04. The van der Waals surface area contributed by atoms with Crippen molar-refractivity contribution < 1.29 is 24.4 Å². The van der Waals surface area contributed by atoms with Crippen molar-refractivity contribution in [2.24, 2.45) is 11.7 Å². The van der Waals surface area contributed by atoms with E-state index in [1.807, 2.05) is 0 Å². The molecule has 3 atom stereocenters. The van der Waals surface area contributed by atoms with Gasteiger partial charge in [-0.1, -0.05) is 26.2 Å². The molecular formula is C19H35BN4O5. The predicted octanol–water partition coefficient (Wildman–Crippen LogP) is -0.750. The van der Waals surface area contributed by atoms with E-state index in [0.717, 1.165) is 25.7 Å². The highest BCUT2D eigenvalue weighted by Crippen LogP contribution is 2.26. The lowest BCUT2D eigenvalue weighted by Gasteiger charge is -2.30. The monoisotopic (exact) mass is 410 g/mol. The van der Waals surface area contributed by atoms with Gasteiger partial charge in [-0.2, -0.15) is 0 Å². The molecular weight excluding hydrogens is 375 g/mol. The largest absolute Gasteiger partial charge is 0.475 e. The van der Waals surface area contributed by atoms with Crippen LogP contribution in [0.1, 0.15) is 58.3 Å². The number of likely N-dealkylation sites (tertiary alicyclic amines) is 1. The SMILES string of the molecule is CCC(NC(=O)CN(C)C(=O)C(N)C1CCCCC1)C(=O)N1CCC[C@H]1B(O)O. The maximum Gasteiger partial charge on any atom is 0.475 e. The smallest absolute Gasteiger partial charge is 0.426 e. The molecule has 10 heteroatoms. The second kappa shape index (κ2) is 10.9. The van der Waals surface area contributed by atoms with Crippen LogP contribution in [-0.4, -0.2) is 82.8 Å². The Morgan fingerprint density at radius 2 is 1.83 bits per heavy atom.